The summed E-state index contributed by atoms with van der Waals surface area (Å²) in [5.74, 6) is 0. The normalized spacial score (nSPS) is 15.4. The molecule has 0 radical (unpaired) electrons. The largest absolute Gasteiger partial charge is 0.442 e. The van der Waals surface area contributed by atoms with Gasteiger partial charge in [-0.25, -0.2) is 0 Å². The lowest BCUT2D eigenvalue weighted by molar-refractivity contribution is 0.217. The van der Waals surface area contributed by atoms with E-state index in [4.69, 9.17) is 19.9 Å². The molecule has 0 aromatic heterocycles. The molecule has 14 heavy (non-hydrogen) atoms. The van der Waals surface area contributed by atoms with Crippen LogP contribution in [0, 0.1) is 0 Å². The van der Waals surface area contributed by atoms with Gasteiger partial charge in [-0.3, -0.25) is 0 Å². The molecule has 0 aromatic rings. The van der Waals surface area contributed by atoms with Crippen molar-refractivity contribution < 1.29 is 8.85 Å². The van der Waals surface area contributed by atoms with E-state index in [-0.39, 0.29) is 0 Å². The highest BCUT2D eigenvalue weighted by Gasteiger charge is 2.33. The molecule has 0 aliphatic heterocycles. The molecule has 0 heterocycles. The summed E-state index contributed by atoms with van der Waals surface area (Å²) in [5, 5.41) is 0. The van der Waals surface area contributed by atoms with Gasteiger partial charge in [0.1, 0.15) is 0 Å². The highest BCUT2D eigenvalue weighted by Crippen LogP contribution is 2.21. The lowest BCUT2D eigenvalue weighted by Crippen LogP contribution is -2.34. The van der Waals surface area contributed by atoms with Gasteiger partial charge in [-0.05, 0) is 6.42 Å². The van der Waals surface area contributed by atoms with E-state index >= 15 is 0 Å². The van der Waals surface area contributed by atoms with Gasteiger partial charge in [-0.2, -0.15) is 0 Å². The summed E-state index contributed by atoms with van der Waals surface area (Å²) >= 11 is 6.28. The van der Waals surface area contributed by atoms with Gasteiger partial charge in [0.25, 0.3) is 0 Å². The Labute approximate surface area is 93.9 Å². The van der Waals surface area contributed by atoms with Gasteiger partial charge in [0, 0.05) is 19.8 Å². The zero-order valence-electron chi connectivity index (χ0n) is 9.64. The highest BCUT2D eigenvalue weighted by atomic mass is 35.6. The molecular formula is C10H23ClO2Si. The summed E-state index contributed by atoms with van der Waals surface area (Å²) in [7, 11) is -0.661. The van der Waals surface area contributed by atoms with Gasteiger partial charge in [-0.15, -0.1) is 0 Å². The monoisotopic (exact) mass is 238 g/mol. The number of halogens is 1. The van der Waals surface area contributed by atoms with Crippen LogP contribution in [-0.4, -0.2) is 21.6 Å². The van der Waals surface area contributed by atoms with Crippen LogP contribution in [0.2, 0.25) is 6.04 Å². The third-order valence-corrected chi connectivity index (χ3v) is 5.71. The van der Waals surface area contributed by atoms with Crippen molar-refractivity contribution >= 4 is 18.9 Å². The van der Waals surface area contributed by atoms with E-state index < -0.39 is 7.87 Å². The molecule has 86 valence electrons. The fourth-order valence-electron chi connectivity index (χ4n) is 1.25. The van der Waals surface area contributed by atoms with Crippen LogP contribution in [0.4, 0.5) is 0 Å². The molecule has 0 saturated carbocycles. The first-order valence-electron chi connectivity index (χ1n) is 5.56. The Morgan fingerprint density at radius 3 is 2.29 bits per heavy atom. The zero-order chi connectivity index (χ0) is 10.9. The first-order valence-corrected chi connectivity index (χ1v) is 8.60. The van der Waals surface area contributed by atoms with Gasteiger partial charge in [0.2, 0.25) is 0 Å². The first-order chi connectivity index (χ1) is 6.68. The van der Waals surface area contributed by atoms with Crippen molar-refractivity contribution in [2.45, 2.75) is 52.0 Å². The van der Waals surface area contributed by atoms with E-state index in [1.54, 1.807) is 7.11 Å². The Kier molecular flexibility index (Phi) is 8.98. The Balaban J connectivity index is 3.63. The first kappa shape index (κ1) is 14.4. The summed E-state index contributed by atoms with van der Waals surface area (Å²) in [5.41, 5.74) is 0. The second kappa shape index (κ2) is 8.71. The van der Waals surface area contributed by atoms with Gasteiger partial charge in [0.05, 0.1) is 0 Å². The maximum Gasteiger partial charge on any atom is 0.442 e. The average molecular weight is 239 g/mol. The Hall–Kier alpha value is 0.427. The van der Waals surface area contributed by atoms with Gasteiger partial charge >= 0.3 is 7.87 Å². The summed E-state index contributed by atoms with van der Waals surface area (Å²) in [6.07, 6.45) is 5.89. The van der Waals surface area contributed by atoms with E-state index in [1.807, 2.05) is 0 Å². The van der Waals surface area contributed by atoms with Crippen molar-refractivity contribution in [1.29, 1.82) is 0 Å². The summed E-state index contributed by atoms with van der Waals surface area (Å²) in [6, 6.07) is 0.908. The topological polar surface area (TPSA) is 18.5 Å². The van der Waals surface area contributed by atoms with E-state index in [0.717, 1.165) is 25.5 Å². The van der Waals surface area contributed by atoms with Gasteiger partial charge in [0.15, 0.2) is 0 Å². The molecule has 0 bridgehead atoms. The molecule has 2 nitrogen and oxygen atoms in total. The smallest absolute Gasteiger partial charge is 0.386 e. The second-order valence-corrected chi connectivity index (χ2v) is 7.77. The quantitative estimate of drug-likeness (QED) is 0.346. The van der Waals surface area contributed by atoms with Crippen molar-refractivity contribution in [1.82, 2.24) is 0 Å². The maximum absolute atomic E-state index is 6.28. The van der Waals surface area contributed by atoms with E-state index in [1.165, 1.54) is 19.3 Å². The van der Waals surface area contributed by atoms with Crippen LogP contribution < -0.4 is 0 Å². The van der Waals surface area contributed by atoms with Crippen LogP contribution >= 0.6 is 11.1 Å². The lowest BCUT2D eigenvalue weighted by Gasteiger charge is -2.21. The third kappa shape index (κ3) is 6.82. The molecular weight excluding hydrogens is 216 g/mol. The minimum Gasteiger partial charge on any atom is -0.386 e. The van der Waals surface area contributed by atoms with Crippen molar-refractivity contribution in [3.63, 3.8) is 0 Å². The van der Waals surface area contributed by atoms with Crippen molar-refractivity contribution in [3.05, 3.63) is 0 Å². The van der Waals surface area contributed by atoms with Crippen LogP contribution in [0.25, 0.3) is 0 Å². The van der Waals surface area contributed by atoms with Crippen molar-refractivity contribution in [2.75, 3.05) is 13.7 Å². The minimum atomic E-state index is -2.32. The molecule has 1 unspecified atom stereocenters. The standard InChI is InChI=1S/C10H23ClO2Si/c1-4-6-7-8-10-14(11,12-3)13-9-5-2/h4-10H2,1-3H3. The predicted octanol–water partition coefficient (Wildman–Crippen LogP) is 3.82. The molecule has 0 amide bonds. The lowest BCUT2D eigenvalue weighted by atomic mass is 10.2. The number of rotatable bonds is 9. The molecule has 1 atom stereocenters. The maximum atomic E-state index is 6.28. The summed E-state index contributed by atoms with van der Waals surface area (Å²) in [6.45, 7) is 5.01. The van der Waals surface area contributed by atoms with Crippen molar-refractivity contribution in [3.8, 4) is 0 Å². The van der Waals surface area contributed by atoms with Crippen LogP contribution in [0.1, 0.15) is 46.0 Å². The number of hydrogen-bond donors (Lipinski definition) is 0. The minimum absolute atomic E-state index is 0.720. The van der Waals surface area contributed by atoms with Gasteiger partial charge in [-0.1, -0.05) is 50.6 Å². The van der Waals surface area contributed by atoms with Crippen LogP contribution in [0.15, 0.2) is 0 Å². The van der Waals surface area contributed by atoms with Crippen LogP contribution in [-0.2, 0) is 8.85 Å². The third-order valence-electron chi connectivity index (χ3n) is 2.16. The second-order valence-electron chi connectivity index (χ2n) is 3.52. The molecule has 0 aromatic carbocycles. The number of unbranched alkanes of at least 4 members (excludes halogenated alkanes) is 3. The predicted molar refractivity (Wildman–Crippen MR) is 63.8 cm³/mol. The Morgan fingerprint density at radius 1 is 1.07 bits per heavy atom. The molecule has 0 fully saturated rings. The van der Waals surface area contributed by atoms with E-state index in [2.05, 4.69) is 13.8 Å². The molecule has 0 aliphatic rings. The summed E-state index contributed by atoms with van der Waals surface area (Å²) in [4.78, 5) is 0. The van der Waals surface area contributed by atoms with Crippen molar-refractivity contribution in [2.24, 2.45) is 0 Å². The van der Waals surface area contributed by atoms with Crippen LogP contribution in [0.5, 0.6) is 0 Å². The molecule has 0 N–H and O–H groups in total. The molecule has 0 rings (SSSR count). The molecule has 0 spiro atoms. The van der Waals surface area contributed by atoms with E-state index in [9.17, 15) is 0 Å². The molecule has 4 heteroatoms. The Morgan fingerprint density at radius 2 is 1.79 bits per heavy atom. The highest BCUT2D eigenvalue weighted by molar-refractivity contribution is 7.12. The Bertz CT molecular complexity index is 135. The number of hydrogen-bond acceptors (Lipinski definition) is 2. The average Bonchev–Trinajstić information content (AvgIpc) is 2.22. The molecule has 0 saturated heterocycles. The fraction of sp³-hybridized carbons (Fsp3) is 1.00. The fourth-order valence-corrected chi connectivity index (χ4v) is 3.53. The summed E-state index contributed by atoms with van der Waals surface area (Å²) < 4.78 is 10.9. The zero-order valence-corrected chi connectivity index (χ0v) is 11.4. The van der Waals surface area contributed by atoms with E-state index in [0.29, 0.717) is 0 Å². The molecule has 0 aliphatic carbocycles. The van der Waals surface area contributed by atoms with Crippen LogP contribution in [0.3, 0.4) is 0 Å². The SMILES string of the molecule is CCCCCC[Si](Cl)(OC)OCCC. The van der Waals surface area contributed by atoms with Gasteiger partial charge < -0.3 is 8.85 Å².